The Kier molecular flexibility index (Phi) is 2.88. The average Bonchev–Trinajstić information content (AvgIpc) is 2.76. The zero-order chi connectivity index (χ0) is 11.0. The average molecular weight is 223 g/mol. The quantitative estimate of drug-likeness (QED) is 0.754. The molecule has 0 aromatic carbocycles. The maximum atomic E-state index is 5.70. The molecule has 3 heteroatoms. The number of aliphatic imine (C=N–C) groups is 1. The van der Waals surface area contributed by atoms with Crippen LogP contribution < -0.4 is 0 Å². The molecule has 0 amide bonds. The van der Waals surface area contributed by atoms with Crippen molar-refractivity contribution in [3.63, 3.8) is 0 Å². The Morgan fingerprint density at radius 1 is 1.47 bits per heavy atom. The minimum Gasteiger partial charge on any atom is -0.475 e. The minimum atomic E-state index is 0.353. The fraction of sp³-hybridized carbons (Fsp3) is 0.583. The van der Waals surface area contributed by atoms with Gasteiger partial charge in [0.15, 0.2) is 0 Å². The largest absolute Gasteiger partial charge is 0.475 e. The summed E-state index contributed by atoms with van der Waals surface area (Å²) in [5, 5.41) is 1.32. The van der Waals surface area contributed by atoms with Gasteiger partial charge in [-0.15, -0.1) is 8.19 Å². The van der Waals surface area contributed by atoms with Crippen molar-refractivity contribution in [2.75, 3.05) is 6.61 Å². The Balaban J connectivity index is 2.26. The molecule has 15 heavy (non-hydrogen) atoms. The van der Waals surface area contributed by atoms with Crippen LogP contribution in [0.15, 0.2) is 10.8 Å². The van der Waals surface area contributed by atoms with Crippen LogP contribution in [0.1, 0.15) is 30.3 Å². The Morgan fingerprint density at radius 2 is 2.20 bits per heavy atom. The second-order valence-corrected chi connectivity index (χ2v) is 5.61. The van der Waals surface area contributed by atoms with Crippen molar-refractivity contribution >= 4 is 14.1 Å². The number of hydrogen-bond acceptors (Lipinski definition) is 2. The molecule has 0 saturated carbocycles. The van der Waals surface area contributed by atoms with Gasteiger partial charge in [0.05, 0.1) is 11.3 Å². The van der Waals surface area contributed by atoms with E-state index in [-0.39, 0.29) is 0 Å². The Bertz CT molecular complexity index is 392. The first-order valence-corrected chi connectivity index (χ1v) is 6.53. The third-order valence-corrected chi connectivity index (χ3v) is 4.51. The maximum absolute atomic E-state index is 5.70. The van der Waals surface area contributed by atoms with Crippen molar-refractivity contribution in [3.05, 3.63) is 22.2 Å². The number of ether oxygens (including phenoxy) is 1. The van der Waals surface area contributed by atoms with Gasteiger partial charge in [0, 0.05) is 0 Å². The predicted octanol–water partition coefficient (Wildman–Crippen LogP) is 3.14. The lowest BCUT2D eigenvalue weighted by Crippen LogP contribution is -2.13. The lowest BCUT2D eigenvalue weighted by atomic mass is 10.1. The molecule has 2 atom stereocenters. The van der Waals surface area contributed by atoms with Gasteiger partial charge >= 0.3 is 0 Å². The minimum absolute atomic E-state index is 0.353. The van der Waals surface area contributed by atoms with Gasteiger partial charge in [-0.05, 0) is 36.7 Å². The molecule has 0 radical (unpaired) electrons. The van der Waals surface area contributed by atoms with Crippen LogP contribution in [0.4, 0.5) is 0 Å². The summed E-state index contributed by atoms with van der Waals surface area (Å²) in [6, 6.07) is 0.353. The van der Waals surface area contributed by atoms with E-state index < -0.39 is 0 Å². The van der Waals surface area contributed by atoms with E-state index >= 15 is 0 Å². The van der Waals surface area contributed by atoms with Crippen LogP contribution in [0, 0.1) is 19.8 Å². The first-order chi connectivity index (χ1) is 7.09. The summed E-state index contributed by atoms with van der Waals surface area (Å²) in [6.45, 7) is 9.47. The van der Waals surface area contributed by atoms with Crippen LogP contribution in [0.25, 0.3) is 0 Å². The number of rotatable bonds is 2. The van der Waals surface area contributed by atoms with Crippen LogP contribution in [0.2, 0.25) is 0 Å². The van der Waals surface area contributed by atoms with E-state index in [0.29, 0.717) is 12.0 Å². The fourth-order valence-corrected chi connectivity index (χ4v) is 2.94. The molecule has 0 saturated heterocycles. The van der Waals surface area contributed by atoms with Crippen LogP contribution in [0.3, 0.4) is 0 Å². The molecule has 0 N–H and O–H groups in total. The highest BCUT2D eigenvalue weighted by molar-refractivity contribution is 7.32. The summed E-state index contributed by atoms with van der Waals surface area (Å²) >= 11 is 0. The molecule has 1 unspecified atom stereocenters. The van der Waals surface area contributed by atoms with Crippen LogP contribution in [-0.4, -0.2) is 18.5 Å². The van der Waals surface area contributed by atoms with Crippen molar-refractivity contribution in [1.29, 1.82) is 0 Å². The van der Waals surface area contributed by atoms with Crippen LogP contribution in [0.5, 0.6) is 0 Å². The van der Waals surface area contributed by atoms with E-state index in [2.05, 4.69) is 38.5 Å². The number of nitrogens with zero attached hydrogens (tertiary/aromatic N) is 1. The molecule has 2 heterocycles. The monoisotopic (exact) mass is 223 g/mol. The summed E-state index contributed by atoms with van der Waals surface area (Å²) in [7, 11) is 0.739. The highest BCUT2D eigenvalue weighted by Gasteiger charge is 2.24. The number of hydrogen-bond donors (Lipinski definition) is 0. The highest BCUT2D eigenvalue weighted by Crippen LogP contribution is 2.29. The fourth-order valence-electron chi connectivity index (χ4n) is 1.68. The molecular formula is C12H18NOP. The SMILES string of the molecule is Cc1c[pH]c(C2=N[C@@H](C(C)C)CO2)c1C. The van der Waals surface area contributed by atoms with Crippen molar-refractivity contribution in [2.45, 2.75) is 33.7 Å². The molecule has 0 bridgehead atoms. The van der Waals surface area contributed by atoms with Gasteiger partial charge in [0.1, 0.15) is 6.61 Å². The van der Waals surface area contributed by atoms with E-state index in [4.69, 9.17) is 4.74 Å². The number of aryl methyl sites for hydroxylation is 1. The molecule has 0 aliphatic carbocycles. The third kappa shape index (κ3) is 1.96. The Hall–Kier alpha value is -0.750. The second-order valence-electron chi connectivity index (χ2n) is 4.53. The molecule has 1 aromatic heterocycles. The van der Waals surface area contributed by atoms with E-state index in [1.807, 2.05) is 0 Å². The van der Waals surface area contributed by atoms with Crippen molar-refractivity contribution in [1.82, 2.24) is 0 Å². The zero-order valence-corrected chi connectivity index (χ0v) is 10.8. The summed E-state index contributed by atoms with van der Waals surface area (Å²) in [5.74, 6) is 3.75. The van der Waals surface area contributed by atoms with Crippen molar-refractivity contribution < 1.29 is 4.74 Å². The van der Waals surface area contributed by atoms with Gasteiger partial charge in [-0.25, -0.2) is 4.99 Å². The van der Waals surface area contributed by atoms with E-state index in [9.17, 15) is 0 Å². The summed E-state index contributed by atoms with van der Waals surface area (Å²) < 4.78 is 5.70. The zero-order valence-electron chi connectivity index (χ0n) is 9.79. The molecule has 1 aromatic rings. The maximum Gasteiger partial charge on any atom is 0.220 e. The van der Waals surface area contributed by atoms with E-state index in [1.54, 1.807) is 0 Å². The van der Waals surface area contributed by atoms with Gasteiger partial charge in [-0.1, -0.05) is 13.8 Å². The van der Waals surface area contributed by atoms with Crippen LogP contribution >= 0.6 is 8.19 Å². The summed E-state index contributed by atoms with van der Waals surface area (Å²) in [4.78, 5) is 4.66. The first kappa shape index (κ1) is 10.8. The smallest absolute Gasteiger partial charge is 0.220 e. The Morgan fingerprint density at radius 3 is 2.67 bits per heavy atom. The van der Waals surface area contributed by atoms with E-state index in [1.165, 1.54) is 16.4 Å². The second kappa shape index (κ2) is 4.02. The summed E-state index contributed by atoms with van der Waals surface area (Å²) in [5.41, 5.74) is 2.74. The highest BCUT2D eigenvalue weighted by atomic mass is 31.0. The van der Waals surface area contributed by atoms with Gasteiger partial charge in [0.2, 0.25) is 5.90 Å². The lowest BCUT2D eigenvalue weighted by Gasteiger charge is -2.06. The molecule has 0 fully saturated rings. The van der Waals surface area contributed by atoms with E-state index in [0.717, 1.165) is 20.7 Å². The molecule has 2 rings (SSSR count). The van der Waals surface area contributed by atoms with Gasteiger partial charge in [-0.3, -0.25) is 0 Å². The van der Waals surface area contributed by atoms with Gasteiger partial charge < -0.3 is 4.74 Å². The van der Waals surface area contributed by atoms with Crippen LogP contribution in [-0.2, 0) is 4.74 Å². The summed E-state index contributed by atoms with van der Waals surface area (Å²) in [6.07, 6.45) is 0. The normalized spacial score (nSPS) is 21.1. The van der Waals surface area contributed by atoms with Crippen molar-refractivity contribution in [3.8, 4) is 0 Å². The topological polar surface area (TPSA) is 21.6 Å². The molecule has 82 valence electrons. The van der Waals surface area contributed by atoms with Crippen molar-refractivity contribution in [2.24, 2.45) is 10.9 Å². The third-order valence-electron chi connectivity index (χ3n) is 3.06. The first-order valence-electron chi connectivity index (χ1n) is 5.45. The molecule has 2 nitrogen and oxygen atoms in total. The lowest BCUT2D eigenvalue weighted by molar-refractivity contribution is 0.292. The van der Waals surface area contributed by atoms with Gasteiger partial charge in [-0.2, -0.15) is 0 Å². The molecule has 1 aliphatic rings. The predicted molar refractivity (Wildman–Crippen MR) is 66.5 cm³/mol. The molecule has 1 aliphatic heterocycles. The van der Waals surface area contributed by atoms with Gasteiger partial charge in [0.25, 0.3) is 0 Å². The standard InChI is InChI=1S/C12H18NOP/c1-7(2)10-5-14-12(13-10)11-9(4)8(3)6-15-11/h6-7,10,15H,5H2,1-4H3/t10-/m1/s1. The molecular weight excluding hydrogens is 205 g/mol. The Labute approximate surface area is 92.8 Å². The molecule has 0 spiro atoms.